The summed E-state index contributed by atoms with van der Waals surface area (Å²) < 4.78 is 3.64. The molecule has 0 unspecified atom stereocenters. The van der Waals surface area contributed by atoms with Gasteiger partial charge in [0.1, 0.15) is 0 Å². The van der Waals surface area contributed by atoms with Crippen molar-refractivity contribution in [2.45, 2.75) is 19.3 Å². The van der Waals surface area contributed by atoms with E-state index in [9.17, 15) is 0 Å². The summed E-state index contributed by atoms with van der Waals surface area (Å²) in [6.45, 7) is 4.69. The molecule has 1 nitrogen and oxygen atoms in total. The van der Waals surface area contributed by atoms with E-state index in [0.717, 1.165) is 0 Å². The van der Waals surface area contributed by atoms with Gasteiger partial charge in [0.25, 0.3) is 0 Å². The molecule has 0 spiro atoms. The minimum atomic E-state index is 0.00544. The number of hydrogen-bond acceptors (Lipinski definition) is 0. The number of nitrogens with zero attached hydrogens (tertiary/aromatic N) is 1. The van der Waals surface area contributed by atoms with Crippen LogP contribution in [0, 0.1) is 3.57 Å². The molecule has 0 N–H and O–H groups in total. The molecule has 6 aromatic rings. The summed E-state index contributed by atoms with van der Waals surface area (Å²) in [6.07, 6.45) is 0. The number of fused-ring (bicyclic) bond motifs is 6. The predicted octanol–water partition coefficient (Wildman–Crippen LogP) is 9.36. The molecule has 2 heteroatoms. The van der Waals surface area contributed by atoms with Gasteiger partial charge in [0, 0.05) is 25.4 Å². The largest absolute Gasteiger partial charge is 0.309 e. The van der Waals surface area contributed by atoms with Crippen molar-refractivity contribution in [1.29, 1.82) is 0 Å². The van der Waals surface area contributed by atoms with E-state index in [1.54, 1.807) is 0 Å². The van der Waals surface area contributed by atoms with E-state index in [2.05, 4.69) is 150 Å². The van der Waals surface area contributed by atoms with Crippen molar-refractivity contribution < 1.29 is 0 Å². The van der Waals surface area contributed by atoms with Crippen LogP contribution in [0.2, 0.25) is 0 Å². The van der Waals surface area contributed by atoms with Gasteiger partial charge in [-0.3, -0.25) is 0 Å². The van der Waals surface area contributed by atoms with Crippen LogP contribution < -0.4 is 0 Å². The van der Waals surface area contributed by atoms with Gasteiger partial charge in [-0.25, -0.2) is 0 Å². The number of aromatic nitrogens is 1. The normalized spacial score (nSPS) is 13.8. The Morgan fingerprint density at radius 2 is 1.26 bits per heavy atom. The van der Waals surface area contributed by atoms with Crippen molar-refractivity contribution in [3.63, 3.8) is 0 Å². The van der Waals surface area contributed by atoms with Crippen LogP contribution in [-0.2, 0) is 5.41 Å². The molecule has 1 aromatic heterocycles. The summed E-state index contributed by atoms with van der Waals surface area (Å²) in [7, 11) is 0. The summed E-state index contributed by atoms with van der Waals surface area (Å²) in [6, 6.07) is 40.2. The molecule has 0 saturated heterocycles. The first-order chi connectivity index (χ1) is 17.0. The Bertz CT molecular complexity index is 1770. The molecule has 0 fully saturated rings. The highest BCUT2D eigenvalue weighted by molar-refractivity contribution is 14.1. The van der Waals surface area contributed by atoms with Gasteiger partial charge in [-0.15, -0.1) is 0 Å². The molecule has 1 heterocycles. The fraction of sp³-hybridized carbons (Fsp3) is 0.0909. The molecule has 0 bridgehead atoms. The van der Waals surface area contributed by atoms with E-state index >= 15 is 0 Å². The second-order valence-corrected chi connectivity index (χ2v) is 11.2. The monoisotopic (exact) mass is 561 g/mol. The maximum Gasteiger partial charge on any atom is 0.0541 e. The predicted molar refractivity (Wildman–Crippen MR) is 156 cm³/mol. The standard InChI is InChI=1S/C33H24IN/c1-33(2)28-13-7-6-11-25(28)32-24(12-8-14-29(32)33)21-15-17-30-26(19-21)27-20-22(34)16-18-31(27)35(30)23-9-4-3-5-10-23/h3-20H,1-2H3. The average Bonchev–Trinajstić information content (AvgIpc) is 3.33. The molecule has 168 valence electrons. The number of para-hydroxylation sites is 1. The molecule has 0 atom stereocenters. The lowest BCUT2D eigenvalue weighted by molar-refractivity contribution is 0.660. The van der Waals surface area contributed by atoms with Crippen LogP contribution in [0.15, 0.2) is 109 Å². The molecular formula is C33H24IN. The van der Waals surface area contributed by atoms with E-state index in [0.29, 0.717) is 0 Å². The minimum absolute atomic E-state index is 0.00544. The fourth-order valence-corrected chi connectivity index (χ4v) is 6.50. The summed E-state index contributed by atoms with van der Waals surface area (Å²) in [4.78, 5) is 0. The average molecular weight is 561 g/mol. The SMILES string of the molecule is CC1(C)c2ccccc2-c2c(-c3ccc4c(c3)c3cc(I)ccc3n4-c3ccccc3)cccc21. The van der Waals surface area contributed by atoms with Gasteiger partial charge >= 0.3 is 0 Å². The first kappa shape index (κ1) is 21.0. The van der Waals surface area contributed by atoms with Gasteiger partial charge < -0.3 is 4.57 Å². The number of halogens is 1. The van der Waals surface area contributed by atoms with Gasteiger partial charge in [0.2, 0.25) is 0 Å². The summed E-state index contributed by atoms with van der Waals surface area (Å²) in [5.41, 5.74) is 11.8. The minimum Gasteiger partial charge on any atom is -0.309 e. The van der Waals surface area contributed by atoms with E-state index in [-0.39, 0.29) is 5.41 Å². The van der Waals surface area contributed by atoms with Gasteiger partial charge in [-0.2, -0.15) is 0 Å². The third kappa shape index (κ3) is 2.99. The highest BCUT2D eigenvalue weighted by atomic mass is 127. The molecule has 35 heavy (non-hydrogen) atoms. The summed E-state index contributed by atoms with van der Waals surface area (Å²) >= 11 is 2.42. The zero-order valence-corrected chi connectivity index (χ0v) is 21.9. The molecule has 0 aliphatic heterocycles. The summed E-state index contributed by atoms with van der Waals surface area (Å²) in [5, 5.41) is 2.59. The third-order valence-electron chi connectivity index (χ3n) is 7.66. The molecule has 1 aliphatic carbocycles. The quantitative estimate of drug-likeness (QED) is 0.186. The Balaban J connectivity index is 1.53. The molecule has 0 amide bonds. The maximum atomic E-state index is 2.42. The topological polar surface area (TPSA) is 4.93 Å². The maximum absolute atomic E-state index is 2.42. The van der Waals surface area contributed by atoms with E-state index in [1.165, 1.54) is 64.4 Å². The fourth-order valence-electron chi connectivity index (χ4n) is 6.01. The van der Waals surface area contributed by atoms with E-state index in [1.807, 2.05) is 0 Å². The van der Waals surface area contributed by atoms with Crippen molar-refractivity contribution in [2.24, 2.45) is 0 Å². The van der Waals surface area contributed by atoms with Gasteiger partial charge in [0.15, 0.2) is 0 Å². The number of benzene rings is 5. The number of rotatable bonds is 2. The Hall–Kier alpha value is -3.37. The van der Waals surface area contributed by atoms with Crippen molar-refractivity contribution >= 4 is 44.4 Å². The van der Waals surface area contributed by atoms with Crippen LogP contribution >= 0.6 is 22.6 Å². The first-order valence-corrected chi connectivity index (χ1v) is 13.1. The van der Waals surface area contributed by atoms with Crippen LogP contribution in [0.4, 0.5) is 0 Å². The van der Waals surface area contributed by atoms with Gasteiger partial charge in [0.05, 0.1) is 11.0 Å². The first-order valence-electron chi connectivity index (χ1n) is 12.1. The highest BCUT2D eigenvalue weighted by Crippen LogP contribution is 2.52. The van der Waals surface area contributed by atoms with Crippen LogP contribution in [0.25, 0.3) is 49.7 Å². The Kier molecular flexibility index (Phi) is 4.53. The second kappa shape index (κ2) is 7.56. The lowest BCUT2D eigenvalue weighted by Gasteiger charge is -2.21. The van der Waals surface area contributed by atoms with Crippen LogP contribution in [0.3, 0.4) is 0 Å². The Labute approximate surface area is 219 Å². The van der Waals surface area contributed by atoms with Crippen molar-refractivity contribution in [3.8, 4) is 27.9 Å². The Morgan fingerprint density at radius 1 is 0.600 bits per heavy atom. The smallest absolute Gasteiger partial charge is 0.0541 e. The van der Waals surface area contributed by atoms with Gasteiger partial charge in [-0.1, -0.05) is 80.6 Å². The van der Waals surface area contributed by atoms with Gasteiger partial charge in [-0.05, 0) is 98.4 Å². The van der Waals surface area contributed by atoms with Crippen molar-refractivity contribution in [2.75, 3.05) is 0 Å². The zero-order valence-electron chi connectivity index (χ0n) is 19.7. The van der Waals surface area contributed by atoms with E-state index in [4.69, 9.17) is 0 Å². The van der Waals surface area contributed by atoms with Crippen molar-refractivity contribution in [1.82, 2.24) is 4.57 Å². The lowest BCUT2D eigenvalue weighted by atomic mass is 9.82. The van der Waals surface area contributed by atoms with Crippen LogP contribution in [0.5, 0.6) is 0 Å². The second-order valence-electron chi connectivity index (χ2n) is 9.96. The number of hydrogen-bond donors (Lipinski definition) is 0. The van der Waals surface area contributed by atoms with Crippen molar-refractivity contribution in [3.05, 3.63) is 124 Å². The van der Waals surface area contributed by atoms with Crippen LogP contribution in [-0.4, -0.2) is 4.57 Å². The molecule has 7 rings (SSSR count). The lowest BCUT2D eigenvalue weighted by Crippen LogP contribution is -2.14. The molecule has 0 radical (unpaired) electrons. The molecule has 1 aliphatic rings. The zero-order chi connectivity index (χ0) is 23.7. The molecular weight excluding hydrogens is 537 g/mol. The highest BCUT2D eigenvalue weighted by Gasteiger charge is 2.36. The molecule has 0 saturated carbocycles. The van der Waals surface area contributed by atoms with E-state index < -0.39 is 0 Å². The van der Waals surface area contributed by atoms with Crippen LogP contribution in [0.1, 0.15) is 25.0 Å². The Morgan fingerprint density at radius 3 is 2.09 bits per heavy atom. The third-order valence-corrected chi connectivity index (χ3v) is 8.33. The molecule has 5 aromatic carbocycles. The summed E-state index contributed by atoms with van der Waals surface area (Å²) in [5.74, 6) is 0.